The van der Waals surface area contributed by atoms with E-state index in [4.69, 9.17) is 4.74 Å². The fraction of sp³-hybridized carbons (Fsp3) is 0.625. The van der Waals surface area contributed by atoms with Crippen LogP contribution in [0.3, 0.4) is 0 Å². The lowest BCUT2D eigenvalue weighted by atomic mass is 10.0. The Hall–Kier alpha value is -2.47. The molecule has 2 aliphatic heterocycles. The van der Waals surface area contributed by atoms with Crippen molar-refractivity contribution >= 4 is 51.2 Å². The summed E-state index contributed by atoms with van der Waals surface area (Å²) in [6, 6.07) is -2.86. The molecule has 2 bridgehead atoms. The second-order valence-corrected chi connectivity index (χ2v) is 11.9. The van der Waals surface area contributed by atoms with Crippen molar-refractivity contribution in [3.8, 4) is 0 Å². The number of hydrogen-bond acceptors (Lipinski definition) is 8. The summed E-state index contributed by atoms with van der Waals surface area (Å²) in [5, 5.41) is 10.7. The second kappa shape index (κ2) is 14.3. The molecule has 12 heteroatoms. The van der Waals surface area contributed by atoms with E-state index in [1.54, 1.807) is 40.7 Å². The molecule has 200 valence electrons. The fourth-order valence-corrected chi connectivity index (χ4v) is 5.66. The molecule has 0 aliphatic carbocycles. The zero-order valence-corrected chi connectivity index (χ0v) is 22.9. The highest BCUT2D eigenvalue weighted by Gasteiger charge is 2.33. The van der Waals surface area contributed by atoms with E-state index < -0.39 is 53.8 Å². The number of hydrogen-bond donors (Lipinski definition) is 4. The maximum atomic E-state index is 13.2. The molecule has 2 aliphatic rings. The number of carbonyl (C=O) groups excluding carboxylic acids is 5. The predicted octanol–water partition coefficient (Wildman–Crippen LogP) is 1.43. The van der Waals surface area contributed by atoms with E-state index in [2.05, 4.69) is 21.3 Å². The Morgan fingerprint density at radius 1 is 0.944 bits per heavy atom. The van der Waals surface area contributed by atoms with Crippen LogP contribution in [-0.2, 0) is 28.7 Å². The fourth-order valence-electron chi connectivity index (χ4n) is 3.50. The highest BCUT2D eigenvalue weighted by Crippen LogP contribution is 2.24. The van der Waals surface area contributed by atoms with Crippen LogP contribution in [0, 0.1) is 11.8 Å². The molecule has 4 atom stereocenters. The Bertz CT molecular complexity index is 905. The number of nitrogens with one attached hydrogen (secondary N) is 4. The topological polar surface area (TPSA) is 143 Å². The number of esters is 1. The van der Waals surface area contributed by atoms with E-state index >= 15 is 0 Å². The molecule has 0 saturated carbocycles. The second-order valence-electron chi connectivity index (χ2n) is 9.24. The van der Waals surface area contributed by atoms with Crippen LogP contribution in [0.15, 0.2) is 23.9 Å². The maximum Gasteiger partial charge on any atom is 0.329 e. The molecule has 1 fully saturated rings. The number of rotatable bonds is 2. The summed E-state index contributed by atoms with van der Waals surface area (Å²) in [6.07, 6.45) is 4.51. The molecule has 0 radical (unpaired) electrons. The van der Waals surface area contributed by atoms with E-state index in [1.807, 2.05) is 6.08 Å². The van der Waals surface area contributed by atoms with Crippen molar-refractivity contribution in [3.05, 3.63) is 23.9 Å². The van der Waals surface area contributed by atoms with Crippen molar-refractivity contribution in [2.75, 3.05) is 11.5 Å². The zero-order chi connectivity index (χ0) is 26.8. The highest BCUT2D eigenvalue weighted by molar-refractivity contribution is 8.76. The van der Waals surface area contributed by atoms with Gasteiger partial charge in [-0.1, -0.05) is 61.4 Å². The van der Waals surface area contributed by atoms with Gasteiger partial charge in [0.1, 0.15) is 29.9 Å². The van der Waals surface area contributed by atoms with Gasteiger partial charge < -0.3 is 26.0 Å². The van der Waals surface area contributed by atoms with Crippen molar-refractivity contribution in [1.29, 1.82) is 0 Å². The van der Waals surface area contributed by atoms with Gasteiger partial charge in [0, 0.05) is 11.5 Å². The molecule has 0 aromatic rings. The minimum absolute atomic E-state index is 0.0445. The van der Waals surface area contributed by atoms with Crippen LogP contribution in [0.1, 0.15) is 47.5 Å². The van der Waals surface area contributed by atoms with E-state index in [0.29, 0.717) is 12.2 Å². The van der Waals surface area contributed by atoms with Gasteiger partial charge in [0.15, 0.2) is 0 Å². The number of amides is 4. The Balaban J connectivity index is 2.55. The van der Waals surface area contributed by atoms with Gasteiger partial charge in [0.05, 0.1) is 6.42 Å². The molecule has 10 nitrogen and oxygen atoms in total. The van der Waals surface area contributed by atoms with Crippen LogP contribution >= 0.6 is 21.6 Å². The lowest BCUT2D eigenvalue weighted by Crippen LogP contribution is -2.57. The molecule has 0 aromatic heterocycles. The van der Waals surface area contributed by atoms with Crippen LogP contribution in [0.5, 0.6) is 0 Å². The van der Waals surface area contributed by atoms with Gasteiger partial charge in [-0.25, -0.2) is 4.79 Å². The SMILES string of the molecule is C/C=C1/NC(=O)[C@H]2CSSCC/C=C/[C@H](CC(=O)NC(C(C)C)C(=O)N2)OC(=O)[C@H](C(C)C)NC1=O. The molecule has 0 spiro atoms. The first-order valence-corrected chi connectivity index (χ1v) is 14.5. The Labute approximate surface area is 220 Å². The van der Waals surface area contributed by atoms with E-state index in [9.17, 15) is 24.0 Å². The molecule has 1 unspecified atom stereocenters. The molecule has 1 saturated heterocycles. The smallest absolute Gasteiger partial charge is 0.329 e. The molecule has 0 aromatic carbocycles. The standard InChI is InChI=1S/C24H36N4O6S2/c1-6-16-21(30)28-20(14(4)5)24(33)34-15-9-7-8-10-35-36-12-17(22(31)25-16)26-23(32)19(13(2)3)27-18(29)11-15/h6-7,9,13-15,17,19-20H,8,10-12H2,1-5H3,(H,25,31)(H,26,32)(H,27,29)(H,28,30)/b9-7+,16-6+/t15-,17-,19?,20+/m1/s1. The molecule has 2 rings (SSSR count). The van der Waals surface area contributed by atoms with Crippen LogP contribution in [0.4, 0.5) is 0 Å². The minimum atomic E-state index is -1.00. The number of allylic oxidation sites excluding steroid dienone is 2. The quantitative estimate of drug-likeness (QED) is 0.178. The third kappa shape index (κ3) is 8.88. The summed E-state index contributed by atoms with van der Waals surface area (Å²) in [7, 11) is 2.95. The number of ether oxygens (including phenoxy) is 1. The van der Waals surface area contributed by atoms with Crippen molar-refractivity contribution in [2.45, 2.75) is 71.7 Å². The Kier molecular flexibility index (Phi) is 11.8. The van der Waals surface area contributed by atoms with E-state index in [0.717, 1.165) is 0 Å². The zero-order valence-electron chi connectivity index (χ0n) is 21.3. The van der Waals surface area contributed by atoms with Gasteiger partial charge in [-0.2, -0.15) is 0 Å². The normalized spacial score (nSPS) is 29.6. The summed E-state index contributed by atoms with van der Waals surface area (Å²) in [5.74, 6) is -2.54. The summed E-state index contributed by atoms with van der Waals surface area (Å²) < 4.78 is 5.65. The Morgan fingerprint density at radius 3 is 2.28 bits per heavy atom. The average Bonchev–Trinajstić information content (AvgIpc) is 2.81. The maximum absolute atomic E-state index is 13.2. The largest absolute Gasteiger partial charge is 0.456 e. The van der Waals surface area contributed by atoms with Gasteiger partial charge >= 0.3 is 5.97 Å². The van der Waals surface area contributed by atoms with Crippen molar-refractivity contribution in [3.63, 3.8) is 0 Å². The van der Waals surface area contributed by atoms with Crippen LogP contribution < -0.4 is 21.3 Å². The van der Waals surface area contributed by atoms with E-state index in [1.165, 1.54) is 27.7 Å². The van der Waals surface area contributed by atoms with Crippen LogP contribution in [0.25, 0.3) is 0 Å². The highest BCUT2D eigenvalue weighted by atomic mass is 33.1. The molecule has 4 N–H and O–H groups in total. The summed E-state index contributed by atoms with van der Waals surface area (Å²) in [5.41, 5.74) is -0.0445. The molecule has 2 heterocycles. The van der Waals surface area contributed by atoms with Crippen molar-refractivity contribution in [2.24, 2.45) is 11.8 Å². The van der Waals surface area contributed by atoms with Crippen molar-refractivity contribution < 1.29 is 28.7 Å². The first-order chi connectivity index (χ1) is 17.0. The van der Waals surface area contributed by atoms with Crippen LogP contribution in [-0.4, -0.2) is 65.3 Å². The third-order valence-corrected chi connectivity index (χ3v) is 8.03. The summed E-state index contributed by atoms with van der Waals surface area (Å²) in [4.78, 5) is 65.2. The summed E-state index contributed by atoms with van der Waals surface area (Å²) >= 11 is 0. The molecular formula is C24H36N4O6S2. The Morgan fingerprint density at radius 2 is 1.64 bits per heavy atom. The van der Waals surface area contributed by atoms with Gasteiger partial charge in [-0.3, -0.25) is 19.2 Å². The molecule has 36 heavy (non-hydrogen) atoms. The lowest BCUT2D eigenvalue weighted by Gasteiger charge is -2.27. The number of fused-ring (bicyclic) bond motifs is 7. The first-order valence-electron chi connectivity index (χ1n) is 12.0. The van der Waals surface area contributed by atoms with Gasteiger partial charge in [0.25, 0.3) is 5.91 Å². The molecule has 4 amide bonds. The molecular weight excluding hydrogens is 504 g/mol. The minimum Gasteiger partial charge on any atom is -0.456 e. The third-order valence-electron chi connectivity index (χ3n) is 5.59. The predicted molar refractivity (Wildman–Crippen MR) is 141 cm³/mol. The van der Waals surface area contributed by atoms with Gasteiger partial charge in [0.2, 0.25) is 17.7 Å². The monoisotopic (exact) mass is 540 g/mol. The summed E-state index contributed by atoms with van der Waals surface area (Å²) in [6.45, 7) is 8.66. The van der Waals surface area contributed by atoms with Crippen LogP contribution in [0.2, 0.25) is 0 Å². The lowest BCUT2D eigenvalue weighted by molar-refractivity contribution is -0.153. The first kappa shape index (κ1) is 29.8. The van der Waals surface area contributed by atoms with E-state index in [-0.39, 0.29) is 29.7 Å². The van der Waals surface area contributed by atoms with Gasteiger partial charge in [-0.05, 0) is 31.3 Å². The van der Waals surface area contributed by atoms with Crippen molar-refractivity contribution in [1.82, 2.24) is 21.3 Å². The van der Waals surface area contributed by atoms with Gasteiger partial charge in [-0.15, -0.1) is 0 Å². The number of carbonyl (C=O) groups is 5. The average molecular weight is 541 g/mol.